The molecule has 2 aromatic carbocycles. The molecule has 0 saturated heterocycles. The maximum Gasteiger partial charge on any atom is 0.233 e. The average Bonchev–Trinajstić information content (AvgIpc) is 3.40. The number of nitrogens with zero attached hydrogens (tertiary/aromatic N) is 4. The van der Waals surface area contributed by atoms with Gasteiger partial charge in [-0.1, -0.05) is 59.9 Å². The van der Waals surface area contributed by atoms with E-state index in [-0.39, 0.29) is 11.2 Å². The summed E-state index contributed by atoms with van der Waals surface area (Å²) in [5.74, 6) is 1.38. The van der Waals surface area contributed by atoms with Gasteiger partial charge in [-0.05, 0) is 31.2 Å². The fourth-order valence-electron chi connectivity index (χ4n) is 2.87. The molecule has 158 valence electrons. The van der Waals surface area contributed by atoms with E-state index in [2.05, 4.69) is 28.2 Å². The molecule has 6 nitrogen and oxygen atoms in total. The Morgan fingerprint density at radius 2 is 1.97 bits per heavy atom. The van der Waals surface area contributed by atoms with Gasteiger partial charge in [-0.3, -0.25) is 9.36 Å². The number of hydrogen-bond donors (Lipinski definition) is 1. The standard InChI is InChI=1S/C22H21N5OS3/c1-3-13-23-20(28)15(2)30-21-26-25-19(27(21)16-9-5-4-6-10-16)14-29-22-24-17-11-7-8-12-18(17)31-22/h3-12,15H,1,13-14H2,2H3,(H,23,28). The summed E-state index contributed by atoms with van der Waals surface area (Å²) < 4.78 is 4.18. The molecule has 4 aromatic rings. The number of amides is 1. The third-order valence-corrected chi connectivity index (χ3v) is 7.60. The summed E-state index contributed by atoms with van der Waals surface area (Å²) in [6.07, 6.45) is 1.67. The van der Waals surface area contributed by atoms with Gasteiger partial charge in [0.25, 0.3) is 0 Å². The van der Waals surface area contributed by atoms with E-state index in [0.29, 0.717) is 17.5 Å². The van der Waals surface area contributed by atoms with Crippen molar-refractivity contribution in [2.75, 3.05) is 6.54 Å². The molecule has 4 rings (SSSR count). The quantitative estimate of drug-likeness (QED) is 0.277. The van der Waals surface area contributed by atoms with Gasteiger partial charge in [0, 0.05) is 12.2 Å². The summed E-state index contributed by atoms with van der Waals surface area (Å²) in [6, 6.07) is 18.1. The minimum Gasteiger partial charge on any atom is -0.352 e. The number of thiazole rings is 1. The second kappa shape index (κ2) is 10.1. The average molecular weight is 468 g/mol. The van der Waals surface area contributed by atoms with E-state index < -0.39 is 0 Å². The van der Waals surface area contributed by atoms with Crippen molar-refractivity contribution in [2.24, 2.45) is 0 Å². The van der Waals surface area contributed by atoms with Crippen LogP contribution in [-0.2, 0) is 10.5 Å². The lowest BCUT2D eigenvalue weighted by molar-refractivity contribution is -0.120. The molecule has 1 amide bonds. The van der Waals surface area contributed by atoms with Crippen molar-refractivity contribution in [3.8, 4) is 5.69 Å². The lowest BCUT2D eigenvalue weighted by Crippen LogP contribution is -2.31. The predicted molar refractivity (Wildman–Crippen MR) is 129 cm³/mol. The fourth-order valence-corrected chi connectivity index (χ4v) is 5.77. The lowest BCUT2D eigenvalue weighted by Gasteiger charge is -2.13. The Hall–Kier alpha value is -2.62. The van der Waals surface area contributed by atoms with E-state index in [4.69, 9.17) is 4.98 Å². The Kier molecular flexibility index (Phi) is 7.06. The maximum atomic E-state index is 12.3. The Balaban J connectivity index is 1.57. The maximum absolute atomic E-state index is 12.3. The zero-order chi connectivity index (χ0) is 21.6. The highest BCUT2D eigenvalue weighted by Crippen LogP contribution is 2.33. The molecular formula is C22H21N5OS3. The number of thioether (sulfide) groups is 2. The molecular weight excluding hydrogens is 446 g/mol. The van der Waals surface area contributed by atoms with Crippen LogP contribution in [0.3, 0.4) is 0 Å². The number of rotatable bonds is 9. The second-order valence-electron chi connectivity index (χ2n) is 6.60. The highest BCUT2D eigenvalue weighted by atomic mass is 32.2. The molecule has 0 radical (unpaired) electrons. The minimum atomic E-state index is -0.309. The van der Waals surface area contributed by atoms with Crippen molar-refractivity contribution in [1.82, 2.24) is 25.1 Å². The van der Waals surface area contributed by atoms with Crippen LogP contribution in [0.4, 0.5) is 0 Å². The molecule has 2 heterocycles. The van der Waals surface area contributed by atoms with Crippen LogP contribution in [0.25, 0.3) is 15.9 Å². The van der Waals surface area contributed by atoms with Gasteiger partial charge in [0.15, 0.2) is 9.50 Å². The minimum absolute atomic E-state index is 0.0575. The number of aromatic nitrogens is 4. The Labute approximate surface area is 193 Å². The number of nitrogens with one attached hydrogen (secondary N) is 1. The zero-order valence-corrected chi connectivity index (χ0v) is 19.3. The predicted octanol–water partition coefficient (Wildman–Crippen LogP) is 4.95. The van der Waals surface area contributed by atoms with Crippen molar-refractivity contribution in [3.63, 3.8) is 0 Å². The number of carbonyl (C=O) groups is 1. The topological polar surface area (TPSA) is 72.7 Å². The first-order valence-corrected chi connectivity index (χ1v) is 12.4. The number of fused-ring (bicyclic) bond motifs is 1. The van der Waals surface area contributed by atoms with Gasteiger partial charge < -0.3 is 5.32 Å². The van der Waals surface area contributed by atoms with Crippen molar-refractivity contribution in [3.05, 3.63) is 73.1 Å². The fraction of sp³-hybridized carbons (Fsp3) is 0.182. The second-order valence-corrected chi connectivity index (χ2v) is 10.2. The molecule has 1 N–H and O–H groups in total. The van der Waals surface area contributed by atoms with Gasteiger partial charge in [-0.25, -0.2) is 4.98 Å². The van der Waals surface area contributed by atoms with E-state index in [1.54, 1.807) is 29.2 Å². The van der Waals surface area contributed by atoms with Crippen LogP contribution >= 0.6 is 34.9 Å². The van der Waals surface area contributed by atoms with E-state index in [1.165, 1.54) is 16.5 Å². The van der Waals surface area contributed by atoms with Gasteiger partial charge in [-0.2, -0.15) is 0 Å². The Morgan fingerprint density at radius 3 is 2.74 bits per heavy atom. The Morgan fingerprint density at radius 1 is 1.19 bits per heavy atom. The highest BCUT2D eigenvalue weighted by molar-refractivity contribution is 8.00. The van der Waals surface area contributed by atoms with Crippen LogP contribution in [0.2, 0.25) is 0 Å². The summed E-state index contributed by atoms with van der Waals surface area (Å²) in [5.41, 5.74) is 1.98. The lowest BCUT2D eigenvalue weighted by atomic mass is 10.3. The molecule has 0 saturated carbocycles. The summed E-state index contributed by atoms with van der Waals surface area (Å²) in [6.45, 7) is 5.95. The first kappa shape index (κ1) is 21.6. The molecule has 0 aliphatic rings. The first-order chi connectivity index (χ1) is 15.2. The third-order valence-electron chi connectivity index (χ3n) is 4.39. The number of benzene rings is 2. The van der Waals surface area contributed by atoms with E-state index in [1.807, 2.05) is 60.0 Å². The monoisotopic (exact) mass is 467 g/mol. The van der Waals surface area contributed by atoms with Crippen molar-refractivity contribution in [1.29, 1.82) is 0 Å². The summed E-state index contributed by atoms with van der Waals surface area (Å²) in [5, 5.41) is 12.0. The summed E-state index contributed by atoms with van der Waals surface area (Å²) >= 11 is 4.71. The van der Waals surface area contributed by atoms with Gasteiger partial charge >= 0.3 is 0 Å². The molecule has 1 atom stereocenters. The summed E-state index contributed by atoms with van der Waals surface area (Å²) in [4.78, 5) is 17.0. The van der Waals surface area contributed by atoms with E-state index in [9.17, 15) is 4.79 Å². The van der Waals surface area contributed by atoms with Crippen molar-refractivity contribution in [2.45, 2.75) is 27.4 Å². The van der Waals surface area contributed by atoms with Crippen LogP contribution in [0.1, 0.15) is 12.7 Å². The number of para-hydroxylation sites is 2. The molecule has 0 bridgehead atoms. The van der Waals surface area contributed by atoms with Crippen LogP contribution in [0.5, 0.6) is 0 Å². The molecule has 1 unspecified atom stereocenters. The Bertz CT molecular complexity index is 1160. The molecule has 2 aromatic heterocycles. The molecule has 0 spiro atoms. The number of hydrogen-bond acceptors (Lipinski definition) is 7. The normalized spacial score (nSPS) is 12.0. The van der Waals surface area contributed by atoms with Crippen LogP contribution < -0.4 is 5.32 Å². The highest BCUT2D eigenvalue weighted by Gasteiger charge is 2.21. The van der Waals surface area contributed by atoms with Gasteiger partial charge in [0.05, 0.1) is 21.2 Å². The SMILES string of the molecule is C=CCNC(=O)C(C)Sc1nnc(CSc2nc3ccccc3s2)n1-c1ccccc1. The van der Waals surface area contributed by atoms with Crippen LogP contribution in [0.15, 0.2) is 76.7 Å². The molecule has 9 heteroatoms. The summed E-state index contributed by atoms with van der Waals surface area (Å²) in [7, 11) is 0. The molecule has 0 aliphatic carbocycles. The third kappa shape index (κ3) is 5.17. The van der Waals surface area contributed by atoms with E-state index in [0.717, 1.165) is 21.4 Å². The van der Waals surface area contributed by atoms with Crippen molar-refractivity contribution < 1.29 is 4.79 Å². The van der Waals surface area contributed by atoms with Gasteiger partial charge in [0.2, 0.25) is 5.91 Å². The van der Waals surface area contributed by atoms with Gasteiger partial charge in [-0.15, -0.1) is 28.1 Å². The zero-order valence-electron chi connectivity index (χ0n) is 16.9. The largest absolute Gasteiger partial charge is 0.352 e. The van der Waals surface area contributed by atoms with E-state index >= 15 is 0 Å². The van der Waals surface area contributed by atoms with Crippen LogP contribution in [-0.4, -0.2) is 37.5 Å². The van der Waals surface area contributed by atoms with Crippen LogP contribution in [0, 0.1) is 0 Å². The molecule has 31 heavy (non-hydrogen) atoms. The van der Waals surface area contributed by atoms with Crippen molar-refractivity contribution >= 4 is 51.0 Å². The smallest absolute Gasteiger partial charge is 0.233 e. The molecule has 0 fully saturated rings. The molecule has 0 aliphatic heterocycles. The van der Waals surface area contributed by atoms with Gasteiger partial charge in [0.1, 0.15) is 5.82 Å². The first-order valence-electron chi connectivity index (χ1n) is 9.69. The number of carbonyl (C=O) groups excluding carboxylic acids is 1.